The minimum absolute atomic E-state index is 0.639. The molecular formula is C18H14N4. The Bertz CT molecular complexity index is 722. The number of pyridine rings is 2. The second-order valence-corrected chi connectivity index (χ2v) is 4.77. The van der Waals surface area contributed by atoms with Gasteiger partial charge in [-0.3, -0.25) is 0 Å². The zero-order valence-corrected chi connectivity index (χ0v) is 11.9. The molecular weight excluding hydrogens is 272 g/mol. The first-order chi connectivity index (χ1) is 10.9. The molecule has 4 heteroatoms. The van der Waals surface area contributed by atoms with Crippen LogP contribution in [0.3, 0.4) is 0 Å². The van der Waals surface area contributed by atoms with Crippen LogP contribution in [-0.2, 0) is 6.54 Å². The summed E-state index contributed by atoms with van der Waals surface area (Å²) in [5.74, 6) is 1.68. The van der Waals surface area contributed by atoms with Crippen molar-refractivity contribution in [3.8, 4) is 6.07 Å². The van der Waals surface area contributed by atoms with Crippen LogP contribution in [0, 0.1) is 11.3 Å². The smallest absolute Gasteiger partial charge is 0.134 e. The highest BCUT2D eigenvalue weighted by molar-refractivity contribution is 5.55. The van der Waals surface area contributed by atoms with E-state index in [1.807, 2.05) is 65.6 Å². The van der Waals surface area contributed by atoms with Crippen molar-refractivity contribution in [2.24, 2.45) is 0 Å². The zero-order valence-electron chi connectivity index (χ0n) is 11.9. The maximum absolute atomic E-state index is 8.89. The lowest BCUT2D eigenvalue weighted by Gasteiger charge is -2.22. The fourth-order valence-corrected chi connectivity index (χ4v) is 2.17. The Hall–Kier alpha value is -3.19. The monoisotopic (exact) mass is 286 g/mol. The molecule has 1 aromatic carbocycles. The summed E-state index contributed by atoms with van der Waals surface area (Å²) in [6.07, 6.45) is 3.54. The Morgan fingerprint density at radius 2 is 1.41 bits per heavy atom. The van der Waals surface area contributed by atoms with E-state index in [2.05, 4.69) is 16.0 Å². The number of rotatable bonds is 4. The Morgan fingerprint density at radius 1 is 0.818 bits per heavy atom. The second-order valence-electron chi connectivity index (χ2n) is 4.77. The van der Waals surface area contributed by atoms with E-state index in [-0.39, 0.29) is 0 Å². The van der Waals surface area contributed by atoms with Crippen molar-refractivity contribution < 1.29 is 0 Å². The average molecular weight is 286 g/mol. The van der Waals surface area contributed by atoms with Crippen molar-refractivity contribution >= 4 is 11.6 Å². The largest absolute Gasteiger partial charge is 0.307 e. The Balaban J connectivity index is 1.94. The minimum Gasteiger partial charge on any atom is -0.307 e. The summed E-state index contributed by atoms with van der Waals surface area (Å²) in [7, 11) is 0. The number of benzene rings is 1. The van der Waals surface area contributed by atoms with Crippen LogP contribution in [0.25, 0.3) is 0 Å². The van der Waals surface area contributed by atoms with Crippen LogP contribution in [0.15, 0.2) is 73.1 Å². The van der Waals surface area contributed by atoms with Crippen molar-refractivity contribution in [2.45, 2.75) is 6.54 Å². The lowest BCUT2D eigenvalue weighted by atomic mass is 10.1. The topological polar surface area (TPSA) is 52.8 Å². The van der Waals surface area contributed by atoms with E-state index in [4.69, 9.17) is 5.26 Å². The molecule has 106 valence electrons. The Labute approximate surface area is 129 Å². The van der Waals surface area contributed by atoms with E-state index < -0.39 is 0 Å². The molecule has 0 radical (unpaired) electrons. The van der Waals surface area contributed by atoms with Gasteiger partial charge in [0.2, 0.25) is 0 Å². The van der Waals surface area contributed by atoms with E-state index in [1.165, 1.54) is 0 Å². The van der Waals surface area contributed by atoms with E-state index >= 15 is 0 Å². The number of hydrogen-bond donors (Lipinski definition) is 0. The van der Waals surface area contributed by atoms with E-state index in [0.29, 0.717) is 12.1 Å². The van der Waals surface area contributed by atoms with E-state index in [9.17, 15) is 0 Å². The molecule has 2 aromatic heterocycles. The van der Waals surface area contributed by atoms with Gasteiger partial charge in [-0.25, -0.2) is 9.97 Å². The quantitative estimate of drug-likeness (QED) is 0.734. The Kier molecular flexibility index (Phi) is 4.08. The van der Waals surface area contributed by atoms with Gasteiger partial charge in [-0.05, 0) is 42.0 Å². The molecule has 0 saturated heterocycles. The fraction of sp³-hybridized carbons (Fsp3) is 0.0556. The van der Waals surface area contributed by atoms with Gasteiger partial charge in [0.05, 0.1) is 18.2 Å². The van der Waals surface area contributed by atoms with Crippen molar-refractivity contribution in [1.29, 1.82) is 5.26 Å². The average Bonchev–Trinajstić information content (AvgIpc) is 2.62. The summed E-state index contributed by atoms with van der Waals surface area (Å²) in [6, 6.07) is 21.3. The number of nitrogens with zero attached hydrogens (tertiary/aromatic N) is 4. The molecule has 0 amide bonds. The fourth-order valence-electron chi connectivity index (χ4n) is 2.17. The van der Waals surface area contributed by atoms with Crippen molar-refractivity contribution in [2.75, 3.05) is 4.90 Å². The molecule has 0 aliphatic rings. The summed E-state index contributed by atoms with van der Waals surface area (Å²) >= 11 is 0. The van der Waals surface area contributed by atoms with Crippen LogP contribution in [0.1, 0.15) is 11.1 Å². The maximum Gasteiger partial charge on any atom is 0.134 e. The summed E-state index contributed by atoms with van der Waals surface area (Å²) in [5.41, 5.74) is 1.75. The molecule has 0 bridgehead atoms. The van der Waals surface area contributed by atoms with Gasteiger partial charge in [-0.2, -0.15) is 5.26 Å². The Morgan fingerprint density at radius 3 is 1.86 bits per heavy atom. The molecule has 0 fully saturated rings. The molecule has 22 heavy (non-hydrogen) atoms. The predicted octanol–water partition coefficient (Wildman–Crippen LogP) is 3.69. The van der Waals surface area contributed by atoms with Gasteiger partial charge < -0.3 is 4.90 Å². The number of aromatic nitrogens is 2. The van der Waals surface area contributed by atoms with Gasteiger partial charge in [0.1, 0.15) is 11.6 Å². The first-order valence-electron chi connectivity index (χ1n) is 6.95. The van der Waals surface area contributed by atoms with Gasteiger partial charge in [-0.15, -0.1) is 0 Å². The molecule has 4 nitrogen and oxygen atoms in total. The van der Waals surface area contributed by atoms with Gasteiger partial charge in [-0.1, -0.05) is 24.3 Å². The van der Waals surface area contributed by atoms with Gasteiger partial charge in [0.15, 0.2) is 0 Å². The van der Waals surface area contributed by atoms with Gasteiger partial charge >= 0.3 is 0 Å². The lowest BCUT2D eigenvalue weighted by molar-refractivity contribution is 0.923. The molecule has 0 atom stereocenters. The highest BCUT2D eigenvalue weighted by atomic mass is 15.2. The van der Waals surface area contributed by atoms with Crippen molar-refractivity contribution in [3.05, 3.63) is 84.2 Å². The predicted molar refractivity (Wildman–Crippen MR) is 85.5 cm³/mol. The van der Waals surface area contributed by atoms with E-state index in [0.717, 1.165) is 17.2 Å². The third kappa shape index (κ3) is 3.10. The van der Waals surface area contributed by atoms with Crippen LogP contribution >= 0.6 is 0 Å². The molecule has 0 aliphatic carbocycles. The molecule has 3 aromatic rings. The summed E-state index contributed by atoms with van der Waals surface area (Å²) < 4.78 is 0. The van der Waals surface area contributed by atoms with Crippen LogP contribution in [0.5, 0.6) is 0 Å². The SMILES string of the molecule is N#Cc1ccc(CN(c2ccccn2)c2ccccn2)cc1. The third-order valence-electron chi connectivity index (χ3n) is 3.28. The second kappa shape index (κ2) is 6.51. The third-order valence-corrected chi connectivity index (χ3v) is 3.28. The van der Waals surface area contributed by atoms with Crippen LogP contribution in [0.4, 0.5) is 11.6 Å². The van der Waals surface area contributed by atoms with Crippen LogP contribution < -0.4 is 4.90 Å². The van der Waals surface area contributed by atoms with Gasteiger partial charge in [0, 0.05) is 12.4 Å². The molecule has 2 heterocycles. The summed E-state index contributed by atoms with van der Waals surface area (Å²) in [4.78, 5) is 10.9. The molecule has 0 unspecified atom stereocenters. The highest BCUT2D eigenvalue weighted by Crippen LogP contribution is 2.23. The molecule has 3 rings (SSSR count). The number of nitriles is 1. The highest BCUT2D eigenvalue weighted by Gasteiger charge is 2.12. The summed E-state index contributed by atoms with van der Waals surface area (Å²) in [5, 5.41) is 8.89. The van der Waals surface area contributed by atoms with Crippen molar-refractivity contribution in [3.63, 3.8) is 0 Å². The standard InChI is InChI=1S/C18H14N4/c19-13-15-7-9-16(10-8-15)14-22(17-5-1-3-11-20-17)18-6-2-4-12-21-18/h1-12H,14H2. The molecule has 0 N–H and O–H groups in total. The molecule has 0 saturated carbocycles. The molecule has 0 aliphatic heterocycles. The van der Waals surface area contributed by atoms with Gasteiger partial charge in [0.25, 0.3) is 0 Å². The van der Waals surface area contributed by atoms with Crippen molar-refractivity contribution in [1.82, 2.24) is 9.97 Å². The maximum atomic E-state index is 8.89. The first-order valence-corrected chi connectivity index (χ1v) is 6.95. The number of anilines is 2. The zero-order chi connectivity index (χ0) is 15.2. The van der Waals surface area contributed by atoms with Crippen LogP contribution in [-0.4, -0.2) is 9.97 Å². The minimum atomic E-state index is 0.639. The lowest BCUT2D eigenvalue weighted by Crippen LogP contribution is -2.18. The number of hydrogen-bond acceptors (Lipinski definition) is 4. The van der Waals surface area contributed by atoms with Crippen LogP contribution in [0.2, 0.25) is 0 Å². The van der Waals surface area contributed by atoms with E-state index in [1.54, 1.807) is 12.4 Å². The summed E-state index contributed by atoms with van der Waals surface area (Å²) in [6.45, 7) is 0.639. The first kappa shape index (κ1) is 13.8. The molecule has 0 spiro atoms. The normalized spacial score (nSPS) is 9.95.